The maximum absolute atomic E-state index is 12.4. The van der Waals surface area contributed by atoms with Crippen LogP contribution in [0.1, 0.15) is 0 Å². The lowest BCUT2D eigenvalue weighted by Crippen LogP contribution is -2.27. The number of fused-ring (bicyclic) bond motifs is 1. The fourth-order valence-electron chi connectivity index (χ4n) is 2.02. The molecule has 0 saturated carbocycles. The third kappa shape index (κ3) is 3.65. The Morgan fingerprint density at radius 1 is 1.22 bits per heavy atom. The first-order valence-electron chi connectivity index (χ1n) is 7.06. The van der Waals surface area contributed by atoms with Gasteiger partial charge in [0.2, 0.25) is 5.91 Å². The summed E-state index contributed by atoms with van der Waals surface area (Å²) in [6.07, 6.45) is 0. The second-order valence-corrected chi connectivity index (χ2v) is 6.94. The van der Waals surface area contributed by atoms with Crippen LogP contribution < -0.4 is 9.64 Å². The van der Waals surface area contributed by atoms with E-state index in [0.29, 0.717) is 5.75 Å². The Labute approximate surface area is 143 Å². The van der Waals surface area contributed by atoms with Gasteiger partial charge in [0, 0.05) is 11.9 Å². The zero-order valence-electron chi connectivity index (χ0n) is 12.9. The summed E-state index contributed by atoms with van der Waals surface area (Å²) in [6.45, 7) is 0. The van der Waals surface area contributed by atoms with Crippen molar-refractivity contribution >= 4 is 44.4 Å². The molecular weight excluding hydrogens is 328 g/mol. The number of thioether (sulfide) groups is 1. The molecule has 0 aliphatic carbocycles. The van der Waals surface area contributed by atoms with Crippen molar-refractivity contribution in [3.05, 3.63) is 48.5 Å². The molecule has 23 heavy (non-hydrogen) atoms. The number of nitrogens with zero attached hydrogens (tertiary/aromatic N) is 2. The first kappa shape index (κ1) is 15.8. The molecule has 3 rings (SSSR count). The smallest absolute Gasteiger partial charge is 0.238 e. The van der Waals surface area contributed by atoms with Gasteiger partial charge in [-0.3, -0.25) is 9.69 Å². The highest BCUT2D eigenvalue weighted by Crippen LogP contribution is 2.29. The zero-order valence-corrected chi connectivity index (χ0v) is 14.5. The van der Waals surface area contributed by atoms with Crippen molar-refractivity contribution in [3.8, 4) is 5.75 Å². The number of methoxy groups -OCH3 is 1. The van der Waals surface area contributed by atoms with E-state index in [-0.39, 0.29) is 5.91 Å². The highest BCUT2D eigenvalue weighted by atomic mass is 32.2. The second kappa shape index (κ2) is 7.02. The van der Waals surface area contributed by atoms with Gasteiger partial charge in [-0.05, 0) is 36.4 Å². The highest BCUT2D eigenvalue weighted by molar-refractivity contribution is 8.00. The van der Waals surface area contributed by atoms with Crippen molar-refractivity contribution < 1.29 is 9.53 Å². The summed E-state index contributed by atoms with van der Waals surface area (Å²) < 4.78 is 6.22. The molecule has 0 fully saturated rings. The minimum atomic E-state index is 0.0323. The summed E-state index contributed by atoms with van der Waals surface area (Å²) in [5.74, 6) is 1.22. The monoisotopic (exact) mass is 344 g/mol. The SMILES string of the molecule is COc1ccc(SCC(=O)N(C)c2nc3ccccc3s2)cc1. The summed E-state index contributed by atoms with van der Waals surface area (Å²) in [6, 6.07) is 15.6. The van der Waals surface area contributed by atoms with E-state index in [2.05, 4.69) is 4.98 Å². The van der Waals surface area contributed by atoms with Gasteiger partial charge in [0.05, 0.1) is 23.1 Å². The van der Waals surface area contributed by atoms with E-state index in [1.807, 2.05) is 48.5 Å². The Balaban J connectivity index is 1.64. The molecule has 0 aliphatic heterocycles. The molecule has 1 heterocycles. The lowest BCUT2D eigenvalue weighted by atomic mass is 10.3. The average molecular weight is 344 g/mol. The van der Waals surface area contributed by atoms with Crippen LogP contribution in [0.2, 0.25) is 0 Å². The van der Waals surface area contributed by atoms with Crippen LogP contribution in [0.15, 0.2) is 53.4 Å². The normalized spacial score (nSPS) is 10.7. The summed E-state index contributed by atoms with van der Waals surface area (Å²) in [7, 11) is 3.41. The predicted octanol–water partition coefficient (Wildman–Crippen LogP) is 4.06. The van der Waals surface area contributed by atoms with E-state index >= 15 is 0 Å². The van der Waals surface area contributed by atoms with E-state index in [4.69, 9.17) is 4.74 Å². The first-order chi connectivity index (χ1) is 11.2. The van der Waals surface area contributed by atoms with Crippen molar-refractivity contribution in [2.24, 2.45) is 0 Å². The Hall–Kier alpha value is -2.05. The molecule has 1 aromatic heterocycles. The molecule has 0 unspecified atom stereocenters. The highest BCUT2D eigenvalue weighted by Gasteiger charge is 2.15. The van der Waals surface area contributed by atoms with E-state index in [1.165, 1.54) is 23.1 Å². The van der Waals surface area contributed by atoms with Crippen molar-refractivity contribution in [2.45, 2.75) is 4.90 Å². The molecule has 0 N–H and O–H groups in total. The van der Waals surface area contributed by atoms with Gasteiger partial charge in [0.15, 0.2) is 5.13 Å². The molecule has 0 bridgehead atoms. The number of rotatable bonds is 5. The molecule has 0 aliphatic rings. The summed E-state index contributed by atoms with van der Waals surface area (Å²) in [4.78, 5) is 19.5. The lowest BCUT2D eigenvalue weighted by Gasteiger charge is -2.13. The number of para-hydroxylation sites is 1. The van der Waals surface area contributed by atoms with Crippen LogP contribution in [-0.4, -0.2) is 30.8 Å². The van der Waals surface area contributed by atoms with Crippen molar-refractivity contribution in [3.63, 3.8) is 0 Å². The lowest BCUT2D eigenvalue weighted by molar-refractivity contribution is -0.115. The van der Waals surface area contributed by atoms with Gasteiger partial charge >= 0.3 is 0 Å². The number of carbonyl (C=O) groups excluding carboxylic acids is 1. The van der Waals surface area contributed by atoms with Crippen LogP contribution in [0.25, 0.3) is 10.2 Å². The zero-order chi connectivity index (χ0) is 16.2. The summed E-state index contributed by atoms with van der Waals surface area (Å²) in [5, 5.41) is 0.728. The van der Waals surface area contributed by atoms with Gasteiger partial charge in [-0.25, -0.2) is 4.98 Å². The molecule has 0 atom stereocenters. The quantitative estimate of drug-likeness (QED) is 0.655. The summed E-state index contributed by atoms with van der Waals surface area (Å²) >= 11 is 3.04. The number of thiazole rings is 1. The van der Waals surface area contributed by atoms with Crippen LogP contribution >= 0.6 is 23.1 Å². The number of amides is 1. The molecule has 118 valence electrons. The fourth-order valence-corrected chi connectivity index (χ4v) is 3.78. The Bertz CT molecular complexity index is 782. The molecule has 4 nitrogen and oxygen atoms in total. The Kier molecular flexibility index (Phi) is 4.83. The molecule has 0 radical (unpaired) electrons. The number of hydrogen-bond acceptors (Lipinski definition) is 5. The van der Waals surface area contributed by atoms with Gasteiger partial charge < -0.3 is 4.74 Å². The Morgan fingerprint density at radius 3 is 2.65 bits per heavy atom. The largest absolute Gasteiger partial charge is 0.497 e. The molecule has 6 heteroatoms. The predicted molar refractivity (Wildman–Crippen MR) is 96.7 cm³/mol. The van der Waals surface area contributed by atoms with Crippen LogP contribution in [-0.2, 0) is 4.79 Å². The Morgan fingerprint density at radius 2 is 1.96 bits per heavy atom. The molecule has 2 aromatic carbocycles. The van der Waals surface area contributed by atoms with Crippen molar-refractivity contribution in [1.29, 1.82) is 0 Å². The number of ether oxygens (including phenoxy) is 1. The third-order valence-corrected chi connectivity index (χ3v) is 5.48. The second-order valence-electron chi connectivity index (χ2n) is 4.88. The molecule has 1 amide bonds. The fraction of sp³-hybridized carbons (Fsp3) is 0.176. The van der Waals surface area contributed by atoms with Gasteiger partial charge in [-0.1, -0.05) is 23.5 Å². The van der Waals surface area contributed by atoms with Gasteiger partial charge in [0.1, 0.15) is 5.75 Å². The average Bonchev–Trinajstić information content (AvgIpc) is 3.03. The number of aromatic nitrogens is 1. The minimum Gasteiger partial charge on any atom is -0.497 e. The molecular formula is C17H16N2O2S2. The van der Waals surface area contributed by atoms with Gasteiger partial charge in [-0.15, -0.1) is 11.8 Å². The van der Waals surface area contributed by atoms with Crippen molar-refractivity contribution in [1.82, 2.24) is 4.98 Å². The topological polar surface area (TPSA) is 42.4 Å². The van der Waals surface area contributed by atoms with E-state index in [0.717, 1.165) is 26.0 Å². The van der Waals surface area contributed by atoms with Crippen LogP contribution in [0.5, 0.6) is 5.75 Å². The van der Waals surface area contributed by atoms with Crippen LogP contribution in [0, 0.1) is 0 Å². The summed E-state index contributed by atoms with van der Waals surface area (Å²) in [5.41, 5.74) is 0.926. The standard InChI is InChI=1S/C17H16N2O2S2/c1-19(17-18-14-5-3-4-6-15(14)23-17)16(20)11-22-13-9-7-12(21-2)8-10-13/h3-10H,11H2,1-2H3. The van der Waals surface area contributed by atoms with E-state index in [9.17, 15) is 4.79 Å². The van der Waals surface area contributed by atoms with E-state index < -0.39 is 0 Å². The number of anilines is 1. The number of benzene rings is 2. The first-order valence-corrected chi connectivity index (χ1v) is 8.86. The minimum absolute atomic E-state index is 0.0323. The van der Waals surface area contributed by atoms with Crippen LogP contribution in [0.3, 0.4) is 0 Å². The molecule has 0 spiro atoms. The van der Waals surface area contributed by atoms with Gasteiger partial charge in [0.25, 0.3) is 0 Å². The third-order valence-electron chi connectivity index (χ3n) is 3.37. The number of carbonyl (C=O) groups is 1. The van der Waals surface area contributed by atoms with E-state index in [1.54, 1.807) is 19.1 Å². The van der Waals surface area contributed by atoms with Gasteiger partial charge in [-0.2, -0.15) is 0 Å². The van der Waals surface area contributed by atoms with Crippen molar-refractivity contribution in [2.75, 3.05) is 24.8 Å². The molecule has 3 aromatic rings. The number of hydrogen-bond donors (Lipinski definition) is 0. The molecule has 0 saturated heterocycles. The van der Waals surface area contributed by atoms with Crippen LogP contribution in [0.4, 0.5) is 5.13 Å². The maximum atomic E-state index is 12.4. The maximum Gasteiger partial charge on any atom is 0.238 e.